The Labute approximate surface area is 105 Å². The average molecular weight is 240 g/mol. The molecule has 3 N–H and O–H groups in total. The van der Waals surface area contributed by atoms with Crippen molar-refractivity contribution in [3.63, 3.8) is 0 Å². The van der Waals surface area contributed by atoms with Crippen LogP contribution in [0.2, 0.25) is 0 Å². The molecule has 1 unspecified atom stereocenters. The van der Waals surface area contributed by atoms with E-state index >= 15 is 0 Å². The summed E-state index contributed by atoms with van der Waals surface area (Å²) in [6.07, 6.45) is 5.01. The molecular formula is C14H28N2O. The van der Waals surface area contributed by atoms with Crippen LogP contribution in [0.4, 0.5) is 0 Å². The summed E-state index contributed by atoms with van der Waals surface area (Å²) in [4.78, 5) is 2.47. The first-order valence-corrected chi connectivity index (χ1v) is 7.17. The van der Waals surface area contributed by atoms with Gasteiger partial charge >= 0.3 is 0 Å². The zero-order valence-corrected chi connectivity index (χ0v) is 11.4. The third-order valence-corrected chi connectivity index (χ3v) is 4.78. The van der Waals surface area contributed by atoms with Crippen LogP contribution in [0.15, 0.2) is 0 Å². The van der Waals surface area contributed by atoms with Gasteiger partial charge in [-0.1, -0.05) is 13.8 Å². The highest BCUT2D eigenvalue weighted by Crippen LogP contribution is 2.39. The largest absolute Gasteiger partial charge is 0.394 e. The number of rotatable bonds is 5. The third-order valence-electron chi connectivity index (χ3n) is 4.78. The molecule has 1 heterocycles. The lowest BCUT2D eigenvalue weighted by Gasteiger charge is -2.39. The van der Waals surface area contributed by atoms with E-state index in [1.54, 1.807) is 0 Å². The predicted octanol–water partition coefficient (Wildman–Crippen LogP) is 1.45. The molecule has 1 saturated heterocycles. The second-order valence-corrected chi connectivity index (χ2v) is 6.52. The molecule has 1 aliphatic heterocycles. The van der Waals surface area contributed by atoms with Crippen molar-refractivity contribution in [3.05, 3.63) is 0 Å². The van der Waals surface area contributed by atoms with Crippen LogP contribution < -0.4 is 5.73 Å². The molecular weight excluding hydrogens is 212 g/mol. The molecule has 0 spiro atoms. The van der Waals surface area contributed by atoms with Crippen molar-refractivity contribution in [1.29, 1.82) is 0 Å². The van der Waals surface area contributed by atoms with E-state index in [4.69, 9.17) is 5.73 Å². The van der Waals surface area contributed by atoms with E-state index in [0.717, 1.165) is 31.5 Å². The predicted molar refractivity (Wildman–Crippen MR) is 70.7 cm³/mol. The molecule has 0 bridgehead atoms. The summed E-state index contributed by atoms with van der Waals surface area (Å²) in [5, 5.41) is 9.51. The smallest absolute Gasteiger partial charge is 0.0626 e. The number of nitrogens with two attached hydrogens (primary N) is 1. The highest BCUT2D eigenvalue weighted by atomic mass is 16.3. The van der Waals surface area contributed by atoms with Gasteiger partial charge in [0.25, 0.3) is 0 Å². The van der Waals surface area contributed by atoms with Crippen molar-refractivity contribution in [2.24, 2.45) is 23.5 Å². The maximum Gasteiger partial charge on any atom is 0.0626 e. The van der Waals surface area contributed by atoms with Gasteiger partial charge in [-0.05, 0) is 56.5 Å². The summed E-state index contributed by atoms with van der Waals surface area (Å²) in [6.45, 7) is 8.00. The molecule has 1 aliphatic carbocycles. The minimum atomic E-state index is -0.329. The van der Waals surface area contributed by atoms with E-state index in [1.165, 1.54) is 25.7 Å². The molecule has 2 aliphatic rings. The second kappa shape index (κ2) is 5.25. The number of likely N-dealkylation sites (tertiary alicyclic amines) is 1. The molecule has 2 fully saturated rings. The van der Waals surface area contributed by atoms with Gasteiger partial charge in [0.2, 0.25) is 0 Å². The monoisotopic (exact) mass is 240 g/mol. The zero-order chi connectivity index (χ0) is 12.5. The Bertz CT molecular complexity index is 245. The van der Waals surface area contributed by atoms with Crippen LogP contribution in [-0.2, 0) is 0 Å². The minimum Gasteiger partial charge on any atom is -0.394 e. The summed E-state index contributed by atoms with van der Waals surface area (Å²) in [7, 11) is 0. The fourth-order valence-electron chi connectivity index (χ4n) is 3.16. The molecule has 17 heavy (non-hydrogen) atoms. The summed E-state index contributed by atoms with van der Waals surface area (Å²) >= 11 is 0. The lowest BCUT2D eigenvalue weighted by atomic mass is 9.85. The van der Waals surface area contributed by atoms with Crippen LogP contribution >= 0.6 is 0 Å². The average Bonchev–Trinajstić information content (AvgIpc) is 3.13. The number of aliphatic hydroxyl groups is 1. The third kappa shape index (κ3) is 3.21. The molecule has 0 radical (unpaired) electrons. The van der Waals surface area contributed by atoms with Crippen LogP contribution in [0, 0.1) is 17.8 Å². The van der Waals surface area contributed by atoms with Crippen molar-refractivity contribution in [2.45, 2.75) is 45.1 Å². The lowest BCUT2D eigenvalue weighted by molar-refractivity contribution is 0.0887. The van der Waals surface area contributed by atoms with Crippen LogP contribution in [0.1, 0.15) is 39.5 Å². The number of nitrogens with zero attached hydrogens (tertiary/aromatic N) is 1. The van der Waals surface area contributed by atoms with Gasteiger partial charge in [-0.2, -0.15) is 0 Å². The topological polar surface area (TPSA) is 49.5 Å². The van der Waals surface area contributed by atoms with Crippen LogP contribution in [0.25, 0.3) is 0 Å². The van der Waals surface area contributed by atoms with Gasteiger partial charge in [0.15, 0.2) is 0 Å². The van der Waals surface area contributed by atoms with E-state index < -0.39 is 0 Å². The summed E-state index contributed by atoms with van der Waals surface area (Å²) in [5.74, 6) is 2.25. The summed E-state index contributed by atoms with van der Waals surface area (Å²) < 4.78 is 0. The molecule has 0 aromatic carbocycles. The van der Waals surface area contributed by atoms with E-state index in [-0.39, 0.29) is 12.1 Å². The minimum absolute atomic E-state index is 0.141. The van der Waals surface area contributed by atoms with Gasteiger partial charge in [0.05, 0.1) is 12.1 Å². The Morgan fingerprint density at radius 2 is 1.82 bits per heavy atom. The second-order valence-electron chi connectivity index (χ2n) is 6.52. The van der Waals surface area contributed by atoms with Gasteiger partial charge in [-0.15, -0.1) is 0 Å². The highest BCUT2D eigenvalue weighted by Gasteiger charge is 2.43. The molecule has 100 valence electrons. The Kier molecular flexibility index (Phi) is 4.11. The Balaban J connectivity index is 1.80. The van der Waals surface area contributed by atoms with Crippen molar-refractivity contribution in [2.75, 3.05) is 26.2 Å². The normalized spacial score (nSPS) is 27.4. The van der Waals surface area contributed by atoms with Crippen LogP contribution in [-0.4, -0.2) is 41.8 Å². The SMILES string of the molecule is CC(C)C1CCN(CC(N)(CO)C2CC2)CC1. The van der Waals surface area contributed by atoms with E-state index in [9.17, 15) is 5.11 Å². The van der Waals surface area contributed by atoms with Gasteiger partial charge < -0.3 is 15.7 Å². The Morgan fingerprint density at radius 1 is 1.24 bits per heavy atom. The molecule has 0 aromatic heterocycles. The standard InChI is InChI=1S/C14H28N2O/c1-11(2)12-5-7-16(8-6-12)9-14(15,10-17)13-3-4-13/h11-13,17H,3-10,15H2,1-2H3. The van der Waals surface area contributed by atoms with Crippen molar-refractivity contribution >= 4 is 0 Å². The van der Waals surface area contributed by atoms with E-state index in [2.05, 4.69) is 18.7 Å². The number of hydrogen-bond acceptors (Lipinski definition) is 3. The maximum absolute atomic E-state index is 9.51. The Morgan fingerprint density at radius 3 is 2.24 bits per heavy atom. The molecule has 3 heteroatoms. The van der Waals surface area contributed by atoms with Crippen LogP contribution in [0.5, 0.6) is 0 Å². The Hall–Kier alpha value is -0.120. The first-order chi connectivity index (χ1) is 8.05. The highest BCUT2D eigenvalue weighted by molar-refractivity contribution is 5.00. The number of hydrogen-bond donors (Lipinski definition) is 2. The van der Waals surface area contributed by atoms with Crippen molar-refractivity contribution in [1.82, 2.24) is 4.90 Å². The van der Waals surface area contributed by atoms with Gasteiger partial charge in [0.1, 0.15) is 0 Å². The van der Waals surface area contributed by atoms with Crippen LogP contribution in [0.3, 0.4) is 0 Å². The summed E-state index contributed by atoms with van der Waals surface area (Å²) in [6, 6.07) is 0. The molecule has 1 saturated carbocycles. The maximum atomic E-state index is 9.51. The fraction of sp³-hybridized carbons (Fsp3) is 1.00. The fourth-order valence-corrected chi connectivity index (χ4v) is 3.16. The first-order valence-electron chi connectivity index (χ1n) is 7.17. The lowest BCUT2D eigenvalue weighted by Crippen LogP contribution is -2.56. The van der Waals surface area contributed by atoms with Gasteiger partial charge in [-0.25, -0.2) is 0 Å². The summed E-state index contributed by atoms with van der Waals surface area (Å²) in [5.41, 5.74) is 6.01. The van der Waals surface area contributed by atoms with E-state index in [1.807, 2.05) is 0 Å². The quantitative estimate of drug-likeness (QED) is 0.765. The molecule has 1 atom stereocenters. The van der Waals surface area contributed by atoms with Gasteiger partial charge in [-0.3, -0.25) is 0 Å². The first kappa shape index (κ1) is 13.3. The molecule has 2 rings (SSSR count). The number of aliphatic hydroxyl groups excluding tert-OH is 1. The molecule has 0 amide bonds. The van der Waals surface area contributed by atoms with Gasteiger partial charge in [0, 0.05) is 6.54 Å². The molecule has 0 aromatic rings. The van der Waals surface area contributed by atoms with Crippen molar-refractivity contribution < 1.29 is 5.11 Å². The van der Waals surface area contributed by atoms with E-state index in [0.29, 0.717) is 5.92 Å². The zero-order valence-electron chi connectivity index (χ0n) is 11.4. The number of piperidine rings is 1. The molecule has 3 nitrogen and oxygen atoms in total. The van der Waals surface area contributed by atoms with Crippen molar-refractivity contribution in [3.8, 4) is 0 Å².